The maximum absolute atomic E-state index is 3.10. The van der Waals surface area contributed by atoms with Crippen LogP contribution in [0.2, 0.25) is 0 Å². The smallest absolute Gasteiger partial charge is 0.0174 e. The van der Waals surface area contributed by atoms with Gasteiger partial charge in [-0.15, -0.1) is 0 Å². The molecule has 27 unspecified atom stereocenters. The van der Waals surface area contributed by atoms with Crippen molar-refractivity contribution in [3.63, 3.8) is 0 Å². The van der Waals surface area contributed by atoms with Gasteiger partial charge in [0.15, 0.2) is 0 Å². The van der Waals surface area contributed by atoms with E-state index in [1.807, 2.05) is 0 Å². The highest BCUT2D eigenvalue weighted by atomic mass is 14.7. The first-order valence-corrected chi connectivity index (χ1v) is 37.1. The van der Waals surface area contributed by atoms with E-state index in [0.717, 1.165) is 201 Å². The van der Waals surface area contributed by atoms with Crippen molar-refractivity contribution in [2.75, 3.05) is 0 Å². The molecule has 12 aliphatic rings. The third kappa shape index (κ3) is 9.44. The molecule has 12 aliphatic carbocycles. The summed E-state index contributed by atoms with van der Waals surface area (Å²) in [6, 6.07) is 0. The first-order valence-electron chi connectivity index (χ1n) is 37.1. The molecule has 0 aromatic carbocycles. The number of rotatable bonds is 8. The lowest BCUT2D eigenvalue weighted by atomic mass is 9.35. The largest absolute Gasteiger partial charge is 0.0620 e. The summed E-state index contributed by atoms with van der Waals surface area (Å²) < 4.78 is 0. The van der Waals surface area contributed by atoms with Crippen molar-refractivity contribution in [1.82, 2.24) is 0 Å². The molecule has 0 spiro atoms. The van der Waals surface area contributed by atoms with Crippen molar-refractivity contribution in [2.24, 2.45) is 207 Å². The van der Waals surface area contributed by atoms with Gasteiger partial charge < -0.3 is 0 Å². The molecule has 0 heteroatoms. The van der Waals surface area contributed by atoms with E-state index in [0.29, 0.717) is 5.41 Å². The van der Waals surface area contributed by atoms with Crippen LogP contribution in [0.25, 0.3) is 0 Å². The summed E-state index contributed by atoms with van der Waals surface area (Å²) in [4.78, 5) is 0. The standard InChI is InChI=1S/C77H132/c1-43-45(3)50(8)71(51(9)46(43)4)57-27-26-30-62(42-57)77(61-28-16-15-17-29-61,75-53(11)47(5)44(2)48(6)54(75)12)76-55(13)49(7)52(10)72(56(76)14)58-39-59(73-67-35-22-18-31-63(67)64-32-19-23-36-68(64)73)41-60(40-58)74-69-37-24-20-33-65(69)66-34-21-25-38-70(66)74/h43-76H,15-42H2,1-14H3. The summed E-state index contributed by atoms with van der Waals surface area (Å²) in [5.74, 6) is 32.1. The van der Waals surface area contributed by atoms with E-state index in [4.69, 9.17) is 0 Å². The predicted molar refractivity (Wildman–Crippen MR) is 330 cm³/mol. The zero-order chi connectivity index (χ0) is 53.9. The highest BCUT2D eigenvalue weighted by Crippen LogP contribution is 2.73. The molecule has 12 fully saturated rings. The van der Waals surface area contributed by atoms with Gasteiger partial charge in [-0.3, -0.25) is 0 Å². The van der Waals surface area contributed by atoms with Gasteiger partial charge in [0.25, 0.3) is 0 Å². The highest BCUT2D eigenvalue weighted by Gasteiger charge is 2.67. The van der Waals surface area contributed by atoms with Crippen molar-refractivity contribution in [3.05, 3.63) is 0 Å². The Bertz CT molecular complexity index is 1790. The minimum absolute atomic E-state index is 0.456. The molecule has 0 heterocycles. The number of fused-ring (bicyclic) bond motifs is 6. The molecule has 0 radical (unpaired) electrons. The topological polar surface area (TPSA) is 0 Å². The van der Waals surface area contributed by atoms with Crippen LogP contribution >= 0.6 is 0 Å². The van der Waals surface area contributed by atoms with Gasteiger partial charge in [0.2, 0.25) is 0 Å². The minimum atomic E-state index is 0.456. The fraction of sp³-hybridized carbons (Fsp3) is 1.00. The van der Waals surface area contributed by atoms with Gasteiger partial charge in [-0.05, 0) is 303 Å². The lowest BCUT2D eigenvalue weighted by Gasteiger charge is -2.69. The van der Waals surface area contributed by atoms with Crippen LogP contribution in [0, 0.1) is 207 Å². The van der Waals surface area contributed by atoms with Gasteiger partial charge in [0, 0.05) is 0 Å². The van der Waals surface area contributed by atoms with Crippen LogP contribution in [-0.4, -0.2) is 0 Å². The molecular formula is C77H132. The van der Waals surface area contributed by atoms with E-state index in [1.54, 1.807) is 148 Å². The van der Waals surface area contributed by atoms with Gasteiger partial charge in [-0.25, -0.2) is 0 Å². The van der Waals surface area contributed by atoms with E-state index in [1.165, 1.54) is 32.1 Å². The second-order valence-corrected chi connectivity index (χ2v) is 34.8. The molecule has 0 bridgehead atoms. The van der Waals surface area contributed by atoms with Gasteiger partial charge >= 0.3 is 0 Å². The highest BCUT2D eigenvalue weighted by molar-refractivity contribution is 5.15. The summed E-state index contributed by atoms with van der Waals surface area (Å²) in [7, 11) is 0. The Kier molecular flexibility index (Phi) is 17.2. The third-order valence-corrected chi connectivity index (χ3v) is 33.4. The Morgan fingerprint density at radius 3 is 0.883 bits per heavy atom. The first kappa shape index (κ1) is 57.4. The summed E-state index contributed by atoms with van der Waals surface area (Å²) in [6.07, 6.45) is 44.3. The van der Waals surface area contributed by atoms with Crippen LogP contribution in [0.4, 0.5) is 0 Å². The van der Waals surface area contributed by atoms with Gasteiger partial charge in [0.05, 0.1) is 0 Å². The molecule has 0 aromatic rings. The zero-order valence-electron chi connectivity index (χ0n) is 53.9. The van der Waals surface area contributed by atoms with Crippen molar-refractivity contribution in [2.45, 2.75) is 277 Å². The average Bonchev–Trinajstić information content (AvgIpc) is 3.98. The monoisotopic (exact) mass is 1060 g/mol. The van der Waals surface area contributed by atoms with E-state index >= 15 is 0 Å². The van der Waals surface area contributed by atoms with E-state index in [2.05, 4.69) is 96.9 Å². The molecular weight excluding hydrogens is 925 g/mol. The molecule has 440 valence electrons. The van der Waals surface area contributed by atoms with Crippen molar-refractivity contribution in [1.29, 1.82) is 0 Å². The van der Waals surface area contributed by atoms with E-state index < -0.39 is 0 Å². The summed E-state index contributed by atoms with van der Waals surface area (Å²) in [5.41, 5.74) is 0.456. The molecule has 0 saturated heterocycles. The van der Waals surface area contributed by atoms with Crippen LogP contribution in [0.15, 0.2) is 0 Å². The molecule has 77 heavy (non-hydrogen) atoms. The zero-order valence-corrected chi connectivity index (χ0v) is 53.9. The van der Waals surface area contributed by atoms with Crippen LogP contribution in [0.5, 0.6) is 0 Å². The maximum Gasteiger partial charge on any atom is -0.0174 e. The summed E-state index contributed by atoms with van der Waals surface area (Å²) in [5, 5.41) is 0. The van der Waals surface area contributed by atoms with E-state index in [-0.39, 0.29) is 0 Å². The Morgan fingerprint density at radius 2 is 0.481 bits per heavy atom. The molecule has 12 rings (SSSR count). The molecule has 12 saturated carbocycles. The second-order valence-electron chi connectivity index (χ2n) is 34.8. The number of hydrogen-bond acceptors (Lipinski definition) is 0. The summed E-state index contributed by atoms with van der Waals surface area (Å²) >= 11 is 0. The predicted octanol–water partition coefficient (Wildman–Crippen LogP) is 22.3. The maximum atomic E-state index is 3.10. The molecule has 0 nitrogen and oxygen atoms in total. The lowest BCUT2D eigenvalue weighted by molar-refractivity contribution is -0.216. The average molecular weight is 1060 g/mol. The van der Waals surface area contributed by atoms with Gasteiger partial charge in [0.1, 0.15) is 0 Å². The fourth-order valence-electron chi connectivity index (χ4n) is 29.6. The summed E-state index contributed by atoms with van der Waals surface area (Å²) in [6.45, 7) is 39.7. The molecule has 0 N–H and O–H groups in total. The Labute approximate surface area is 480 Å². The fourth-order valence-corrected chi connectivity index (χ4v) is 29.6. The second kappa shape index (κ2) is 23.1. The van der Waals surface area contributed by atoms with Crippen molar-refractivity contribution in [3.8, 4) is 0 Å². The SMILES string of the molecule is CC1C(C)C(C)C(C2CCCC(C(C3CCCCC3)(C3C(C)C(C)C(C)C(C)C3C)C3C(C)C(C)C(C)C(C4CC(C5C6CCCCC6C6CCCCC65)CC(C5C6CCCCC6C6CCCCC65)C4)C3C)C2)C(C)C1C. The van der Waals surface area contributed by atoms with Crippen LogP contribution in [-0.2, 0) is 0 Å². The number of hydrogen-bond donors (Lipinski definition) is 0. The first-order chi connectivity index (χ1) is 37.1. The molecule has 0 amide bonds. The lowest BCUT2D eigenvalue weighted by Crippen LogP contribution is -2.64. The Balaban J connectivity index is 0.985. The van der Waals surface area contributed by atoms with E-state index in [9.17, 15) is 0 Å². The van der Waals surface area contributed by atoms with Crippen LogP contribution in [0.3, 0.4) is 0 Å². The molecule has 0 aromatic heterocycles. The normalized spacial score (nSPS) is 57.5. The Morgan fingerprint density at radius 1 is 0.195 bits per heavy atom. The van der Waals surface area contributed by atoms with Crippen LogP contribution < -0.4 is 0 Å². The van der Waals surface area contributed by atoms with Gasteiger partial charge in [-0.2, -0.15) is 0 Å². The van der Waals surface area contributed by atoms with Crippen molar-refractivity contribution >= 4 is 0 Å². The Hall–Kier alpha value is 0. The molecule has 27 atom stereocenters. The van der Waals surface area contributed by atoms with Gasteiger partial charge in [-0.1, -0.05) is 180 Å². The third-order valence-electron chi connectivity index (χ3n) is 33.4. The van der Waals surface area contributed by atoms with Crippen LogP contribution in [0.1, 0.15) is 277 Å². The quantitative estimate of drug-likeness (QED) is 0.227. The van der Waals surface area contributed by atoms with Crippen molar-refractivity contribution < 1.29 is 0 Å². The molecule has 0 aliphatic heterocycles. The minimum Gasteiger partial charge on any atom is -0.0620 e.